The van der Waals surface area contributed by atoms with E-state index in [9.17, 15) is 4.79 Å². The van der Waals surface area contributed by atoms with Crippen LogP contribution in [0.3, 0.4) is 0 Å². The number of thiophene rings is 1. The summed E-state index contributed by atoms with van der Waals surface area (Å²) in [7, 11) is 0. The minimum Gasteiger partial charge on any atom is -0.330 e. The molecule has 0 saturated carbocycles. The fraction of sp³-hybridized carbons (Fsp3) is 0.643. The van der Waals surface area contributed by atoms with Crippen molar-refractivity contribution in [1.29, 1.82) is 0 Å². The second kappa shape index (κ2) is 6.92. The van der Waals surface area contributed by atoms with Crippen molar-refractivity contribution >= 4 is 17.1 Å². The van der Waals surface area contributed by atoms with Crippen LogP contribution in [0.1, 0.15) is 48.3 Å². The van der Waals surface area contributed by atoms with Crippen LogP contribution in [0, 0.1) is 18.8 Å². The Morgan fingerprint density at radius 2 is 2.12 bits per heavy atom. The molecule has 0 aliphatic rings. The average Bonchev–Trinajstić information content (AvgIpc) is 2.70. The van der Waals surface area contributed by atoms with E-state index in [-0.39, 0.29) is 5.78 Å². The Morgan fingerprint density at radius 3 is 2.59 bits per heavy atom. The highest BCUT2D eigenvalue weighted by molar-refractivity contribution is 7.10. The first-order valence-electron chi connectivity index (χ1n) is 6.33. The van der Waals surface area contributed by atoms with Crippen LogP contribution < -0.4 is 5.73 Å². The van der Waals surface area contributed by atoms with Crippen LogP contribution in [0.15, 0.2) is 11.4 Å². The third-order valence-electron chi connectivity index (χ3n) is 3.27. The van der Waals surface area contributed by atoms with Crippen LogP contribution in [0.25, 0.3) is 0 Å². The van der Waals surface area contributed by atoms with Crippen LogP contribution in [0.4, 0.5) is 0 Å². The predicted molar refractivity (Wildman–Crippen MR) is 74.6 cm³/mol. The Morgan fingerprint density at radius 1 is 1.41 bits per heavy atom. The molecule has 0 aliphatic heterocycles. The van der Waals surface area contributed by atoms with E-state index in [0.717, 1.165) is 18.4 Å². The van der Waals surface area contributed by atoms with Gasteiger partial charge in [-0.05, 0) is 44.2 Å². The molecule has 0 bridgehead atoms. The number of rotatable bonds is 7. The van der Waals surface area contributed by atoms with Crippen molar-refractivity contribution in [3.05, 3.63) is 21.9 Å². The molecule has 3 heteroatoms. The number of hydrogen-bond acceptors (Lipinski definition) is 3. The number of Topliss-reactive ketones (excluding diaryl/α,β-unsaturated/α-hetero) is 1. The molecule has 2 N–H and O–H groups in total. The summed E-state index contributed by atoms with van der Waals surface area (Å²) in [5.74, 6) is 1.45. The molecule has 96 valence electrons. The molecule has 0 spiro atoms. The molecule has 0 aromatic carbocycles. The van der Waals surface area contributed by atoms with E-state index < -0.39 is 0 Å². The van der Waals surface area contributed by atoms with Gasteiger partial charge < -0.3 is 5.73 Å². The zero-order valence-corrected chi connectivity index (χ0v) is 11.8. The maximum absolute atomic E-state index is 12.0. The number of carbonyl (C=O) groups excluding carboxylic acids is 1. The van der Waals surface area contributed by atoms with Gasteiger partial charge in [-0.25, -0.2) is 0 Å². The second-order valence-electron chi connectivity index (χ2n) is 4.99. The first-order valence-corrected chi connectivity index (χ1v) is 7.21. The van der Waals surface area contributed by atoms with Crippen molar-refractivity contribution in [1.82, 2.24) is 0 Å². The molecule has 1 atom stereocenters. The maximum atomic E-state index is 12.0. The van der Waals surface area contributed by atoms with Crippen molar-refractivity contribution in [3.63, 3.8) is 0 Å². The van der Waals surface area contributed by atoms with E-state index in [4.69, 9.17) is 5.73 Å². The van der Waals surface area contributed by atoms with Gasteiger partial charge in [0, 0.05) is 22.2 Å². The Labute approximate surface area is 108 Å². The van der Waals surface area contributed by atoms with E-state index in [1.807, 2.05) is 18.4 Å². The van der Waals surface area contributed by atoms with Crippen molar-refractivity contribution in [2.24, 2.45) is 17.6 Å². The van der Waals surface area contributed by atoms with E-state index in [1.165, 1.54) is 4.88 Å². The summed E-state index contributed by atoms with van der Waals surface area (Å²) >= 11 is 1.64. The Hall–Kier alpha value is -0.670. The minimum atomic E-state index is 0.275. The normalized spacial score (nSPS) is 13.0. The molecule has 1 aromatic heterocycles. The summed E-state index contributed by atoms with van der Waals surface area (Å²) in [5, 5.41) is 1.96. The van der Waals surface area contributed by atoms with Crippen LogP contribution in [0.5, 0.6) is 0 Å². The van der Waals surface area contributed by atoms with Crippen molar-refractivity contribution in [2.45, 2.75) is 40.0 Å². The molecule has 0 saturated heterocycles. The lowest BCUT2D eigenvalue weighted by molar-refractivity contribution is 0.0969. The Kier molecular flexibility index (Phi) is 5.86. The molecular weight excluding hydrogens is 230 g/mol. The fourth-order valence-electron chi connectivity index (χ4n) is 2.08. The largest absolute Gasteiger partial charge is 0.330 e. The molecule has 1 unspecified atom stereocenters. The van der Waals surface area contributed by atoms with Gasteiger partial charge in [0.1, 0.15) is 0 Å². The van der Waals surface area contributed by atoms with E-state index in [1.54, 1.807) is 11.3 Å². The lowest BCUT2D eigenvalue weighted by Crippen LogP contribution is -2.15. The third kappa shape index (κ3) is 4.60. The van der Waals surface area contributed by atoms with E-state index >= 15 is 0 Å². The monoisotopic (exact) mass is 253 g/mol. The number of carbonyl (C=O) groups is 1. The van der Waals surface area contributed by atoms with Gasteiger partial charge >= 0.3 is 0 Å². The lowest BCUT2D eigenvalue weighted by Gasteiger charge is -2.19. The van der Waals surface area contributed by atoms with Gasteiger partial charge in [0.05, 0.1) is 0 Å². The summed E-state index contributed by atoms with van der Waals surface area (Å²) < 4.78 is 0. The summed E-state index contributed by atoms with van der Waals surface area (Å²) in [5.41, 5.74) is 6.48. The third-order valence-corrected chi connectivity index (χ3v) is 4.14. The quantitative estimate of drug-likeness (QED) is 0.754. The zero-order chi connectivity index (χ0) is 12.8. The summed E-state index contributed by atoms with van der Waals surface area (Å²) in [6.07, 6.45) is 2.63. The highest BCUT2D eigenvalue weighted by Crippen LogP contribution is 2.22. The molecule has 17 heavy (non-hydrogen) atoms. The molecule has 0 radical (unpaired) electrons. The molecule has 2 nitrogen and oxygen atoms in total. The molecule has 1 aromatic rings. The molecule has 0 fully saturated rings. The van der Waals surface area contributed by atoms with Gasteiger partial charge in [-0.15, -0.1) is 11.3 Å². The van der Waals surface area contributed by atoms with Gasteiger partial charge in [0.2, 0.25) is 0 Å². The Bertz CT molecular complexity index is 357. The smallest absolute Gasteiger partial charge is 0.163 e. The molecule has 1 rings (SSSR count). The zero-order valence-electron chi connectivity index (χ0n) is 11.0. The molecule has 0 amide bonds. The highest BCUT2D eigenvalue weighted by Gasteiger charge is 2.15. The second-order valence-corrected chi connectivity index (χ2v) is 6.10. The maximum Gasteiger partial charge on any atom is 0.163 e. The lowest BCUT2D eigenvalue weighted by atomic mass is 9.87. The number of aryl methyl sites for hydroxylation is 1. The van der Waals surface area contributed by atoms with Gasteiger partial charge in [-0.2, -0.15) is 0 Å². The number of nitrogens with two attached hydrogens (primary N) is 1. The minimum absolute atomic E-state index is 0.275. The van der Waals surface area contributed by atoms with E-state index in [2.05, 4.69) is 13.8 Å². The average molecular weight is 253 g/mol. The summed E-state index contributed by atoms with van der Waals surface area (Å²) in [6.45, 7) is 7.17. The van der Waals surface area contributed by atoms with E-state index in [0.29, 0.717) is 24.8 Å². The summed E-state index contributed by atoms with van der Waals surface area (Å²) in [4.78, 5) is 13.2. The van der Waals surface area contributed by atoms with Gasteiger partial charge in [-0.3, -0.25) is 4.79 Å². The van der Waals surface area contributed by atoms with Crippen molar-refractivity contribution in [3.8, 4) is 0 Å². The van der Waals surface area contributed by atoms with Crippen LogP contribution in [0.2, 0.25) is 0 Å². The SMILES string of the molecule is Cc1cc(C(=O)CCC(CCN)C(C)C)cs1. The van der Waals surface area contributed by atoms with Gasteiger partial charge in [0.25, 0.3) is 0 Å². The Balaban J connectivity index is 2.46. The van der Waals surface area contributed by atoms with Crippen molar-refractivity contribution < 1.29 is 4.79 Å². The van der Waals surface area contributed by atoms with Crippen LogP contribution in [-0.4, -0.2) is 12.3 Å². The molecular formula is C14H23NOS. The first kappa shape index (κ1) is 14.4. The highest BCUT2D eigenvalue weighted by atomic mass is 32.1. The molecule has 0 aliphatic carbocycles. The molecule has 1 heterocycles. The van der Waals surface area contributed by atoms with Crippen LogP contribution in [-0.2, 0) is 0 Å². The summed E-state index contributed by atoms with van der Waals surface area (Å²) in [6, 6.07) is 1.99. The topological polar surface area (TPSA) is 43.1 Å². The fourth-order valence-corrected chi connectivity index (χ4v) is 2.78. The predicted octanol–water partition coefficient (Wildman–Crippen LogP) is 3.64. The van der Waals surface area contributed by atoms with Gasteiger partial charge in [-0.1, -0.05) is 13.8 Å². The first-order chi connectivity index (χ1) is 8.04. The van der Waals surface area contributed by atoms with Gasteiger partial charge in [0.15, 0.2) is 5.78 Å². The van der Waals surface area contributed by atoms with Crippen LogP contribution >= 0.6 is 11.3 Å². The number of hydrogen-bond donors (Lipinski definition) is 1. The standard InChI is InChI=1S/C14H23NOS/c1-10(2)12(6-7-15)4-5-14(16)13-8-11(3)17-9-13/h8-10,12H,4-7,15H2,1-3H3. The number of ketones is 1. The van der Waals surface area contributed by atoms with Crippen molar-refractivity contribution in [2.75, 3.05) is 6.54 Å².